The van der Waals surface area contributed by atoms with Crippen LogP contribution in [0.25, 0.3) is 0 Å². The third-order valence-electron chi connectivity index (χ3n) is 4.32. The van der Waals surface area contributed by atoms with E-state index >= 15 is 0 Å². The third kappa shape index (κ3) is 4.65. The van der Waals surface area contributed by atoms with E-state index in [1.54, 1.807) is 29.2 Å². The average Bonchev–Trinajstić information content (AvgIpc) is 3.02. The van der Waals surface area contributed by atoms with Crippen molar-refractivity contribution in [3.05, 3.63) is 59.1 Å². The fraction of sp³-hybridized carbons (Fsp3) is 0.250. The summed E-state index contributed by atoms with van der Waals surface area (Å²) >= 11 is 5.86. The molecule has 1 saturated heterocycles. The van der Waals surface area contributed by atoms with Gasteiger partial charge in [-0.2, -0.15) is 0 Å². The summed E-state index contributed by atoms with van der Waals surface area (Å²) < 4.78 is 5.09. The summed E-state index contributed by atoms with van der Waals surface area (Å²) in [5, 5.41) is 3.09. The van der Waals surface area contributed by atoms with Crippen LogP contribution in [-0.2, 0) is 19.1 Å². The van der Waals surface area contributed by atoms with E-state index in [4.69, 9.17) is 16.3 Å². The molecule has 1 aliphatic rings. The standard InChI is InChI=1S/C20H19ClN2O4/c1-13-5-2-3-8-17(13)23-11-14(9-19(23)25)20(26)27-12-18(24)22-16-7-4-6-15(21)10-16/h2-8,10,14H,9,11-12H2,1H3,(H,22,24)/t14-/m0/s1. The Hall–Kier alpha value is -2.86. The van der Waals surface area contributed by atoms with Crippen LogP contribution in [0, 0.1) is 12.8 Å². The lowest BCUT2D eigenvalue weighted by Crippen LogP contribution is -2.28. The first-order chi connectivity index (χ1) is 12.9. The second-order valence-electron chi connectivity index (χ2n) is 6.36. The van der Waals surface area contributed by atoms with E-state index < -0.39 is 24.4 Å². The van der Waals surface area contributed by atoms with E-state index in [2.05, 4.69) is 5.32 Å². The van der Waals surface area contributed by atoms with Crippen LogP contribution in [0.2, 0.25) is 5.02 Å². The zero-order valence-electron chi connectivity index (χ0n) is 14.8. The first-order valence-electron chi connectivity index (χ1n) is 8.52. The second kappa shape index (κ2) is 8.22. The molecule has 0 aromatic heterocycles. The van der Waals surface area contributed by atoms with Crippen molar-refractivity contribution in [3.63, 3.8) is 0 Å². The molecular weight excluding hydrogens is 368 g/mol. The molecule has 0 unspecified atom stereocenters. The second-order valence-corrected chi connectivity index (χ2v) is 6.79. The van der Waals surface area contributed by atoms with Gasteiger partial charge < -0.3 is 15.0 Å². The smallest absolute Gasteiger partial charge is 0.311 e. The maximum absolute atomic E-state index is 12.3. The van der Waals surface area contributed by atoms with Crippen LogP contribution in [0.15, 0.2) is 48.5 Å². The summed E-state index contributed by atoms with van der Waals surface area (Å²) in [7, 11) is 0. The molecule has 140 valence electrons. The highest BCUT2D eigenvalue weighted by molar-refractivity contribution is 6.30. The van der Waals surface area contributed by atoms with Gasteiger partial charge in [0.15, 0.2) is 6.61 Å². The number of ether oxygens (including phenoxy) is 1. The van der Waals surface area contributed by atoms with Gasteiger partial charge in [-0.1, -0.05) is 35.9 Å². The summed E-state index contributed by atoms with van der Waals surface area (Å²) in [5.74, 6) is -1.74. The fourth-order valence-electron chi connectivity index (χ4n) is 2.98. The summed E-state index contributed by atoms with van der Waals surface area (Å²) in [5.41, 5.74) is 2.27. The number of benzene rings is 2. The van der Waals surface area contributed by atoms with E-state index in [0.29, 0.717) is 10.7 Å². The number of carbonyl (C=O) groups excluding carboxylic acids is 3. The van der Waals surface area contributed by atoms with Crippen molar-refractivity contribution in [1.29, 1.82) is 0 Å². The predicted octanol–water partition coefficient (Wildman–Crippen LogP) is 3.18. The van der Waals surface area contributed by atoms with Crippen LogP contribution >= 0.6 is 11.6 Å². The number of esters is 1. The quantitative estimate of drug-likeness (QED) is 0.801. The van der Waals surface area contributed by atoms with E-state index in [1.165, 1.54) is 0 Å². The molecule has 6 nitrogen and oxygen atoms in total. The molecule has 1 aliphatic heterocycles. The zero-order chi connectivity index (χ0) is 19.4. The molecule has 0 spiro atoms. The number of para-hydroxylation sites is 1. The van der Waals surface area contributed by atoms with Gasteiger partial charge in [0.1, 0.15) is 0 Å². The molecule has 0 bridgehead atoms. The lowest BCUT2D eigenvalue weighted by atomic mass is 10.1. The Morgan fingerprint density at radius 3 is 2.74 bits per heavy atom. The van der Waals surface area contributed by atoms with Gasteiger partial charge in [-0.25, -0.2) is 0 Å². The largest absolute Gasteiger partial charge is 0.455 e. The molecule has 1 N–H and O–H groups in total. The van der Waals surface area contributed by atoms with Crippen LogP contribution in [-0.4, -0.2) is 30.9 Å². The molecule has 0 saturated carbocycles. The number of nitrogens with zero attached hydrogens (tertiary/aromatic N) is 1. The van der Waals surface area contributed by atoms with Crippen LogP contribution in [0.4, 0.5) is 11.4 Å². The number of amides is 2. The summed E-state index contributed by atoms with van der Waals surface area (Å²) in [6, 6.07) is 14.2. The van der Waals surface area contributed by atoms with Gasteiger partial charge in [-0.3, -0.25) is 14.4 Å². The lowest BCUT2D eigenvalue weighted by Gasteiger charge is -2.18. The number of hydrogen-bond donors (Lipinski definition) is 1. The van der Waals surface area contributed by atoms with Gasteiger partial charge in [0.05, 0.1) is 5.92 Å². The van der Waals surface area contributed by atoms with Gasteiger partial charge >= 0.3 is 5.97 Å². The van der Waals surface area contributed by atoms with E-state index in [-0.39, 0.29) is 18.9 Å². The Labute approximate surface area is 162 Å². The summed E-state index contributed by atoms with van der Waals surface area (Å²) in [6.45, 7) is 1.74. The van der Waals surface area contributed by atoms with Crippen molar-refractivity contribution in [2.45, 2.75) is 13.3 Å². The van der Waals surface area contributed by atoms with Crippen molar-refractivity contribution in [3.8, 4) is 0 Å². The zero-order valence-corrected chi connectivity index (χ0v) is 15.5. The number of rotatable bonds is 5. The Kier molecular flexibility index (Phi) is 5.76. The highest BCUT2D eigenvalue weighted by Gasteiger charge is 2.36. The molecule has 7 heteroatoms. The van der Waals surface area contributed by atoms with E-state index in [1.807, 2.05) is 31.2 Å². The molecule has 2 aromatic carbocycles. The molecule has 1 heterocycles. The third-order valence-corrected chi connectivity index (χ3v) is 4.55. The Morgan fingerprint density at radius 2 is 2.00 bits per heavy atom. The predicted molar refractivity (Wildman–Crippen MR) is 103 cm³/mol. The Balaban J connectivity index is 1.53. The van der Waals surface area contributed by atoms with Gasteiger partial charge in [-0.05, 0) is 36.8 Å². The summed E-state index contributed by atoms with van der Waals surface area (Å²) in [4.78, 5) is 38.1. The minimum atomic E-state index is -0.587. The molecule has 2 amide bonds. The molecule has 0 aliphatic carbocycles. The number of anilines is 2. The van der Waals surface area contributed by atoms with E-state index in [0.717, 1.165) is 11.3 Å². The van der Waals surface area contributed by atoms with Crippen LogP contribution in [0.3, 0.4) is 0 Å². The van der Waals surface area contributed by atoms with Gasteiger partial charge in [0, 0.05) is 29.4 Å². The van der Waals surface area contributed by atoms with Crippen molar-refractivity contribution < 1.29 is 19.1 Å². The van der Waals surface area contributed by atoms with Crippen LogP contribution in [0.5, 0.6) is 0 Å². The van der Waals surface area contributed by atoms with Gasteiger partial charge in [0.2, 0.25) is 5.91 Å². The lowest BCUT2D eigenvalue weighted by molar-refractivity contribution is -0.151. The molecule has 1 fully saturated rings. The molecular formula is C20H19ClN2O4. The minimum Gasteiger partial charge on any atom is -0.455 e. The number of carbonyl (C=O) groups is 3. The fourth-order valence-corrected chi connectivity index (χ4v) is 3.17. The average molecular weight is 387 g/mol. The molecule has 2 aromatic rings. The highest BCUT2D eigenvalue weighted by atomic mass is 35.5. The van der Waals surface area contributed by atoms with Crippen molar-refractivity contribution in [2.75, 3.05) is 23.4 Å². The molecule has 3 rings (SSSR count). The summed E-state index contributed by atoms with van der Waals surface area (Å²) in [6.07, 6.45) is 0.0725. The monoisotopic (exact) mass is 386 g/mol. The Morgan fingerprint density at radius 1 is 1.22 bits per heavy atom. The maximum atomic E-state index is 12.3. The normalized spacial score (nSPS) is 16.3. The van der Waals surface area contributed by atoms with Gasteiger partial charge in [0.25, 0.3) is 5.91 Å². The van der Waals surface area contributed by atoms with Crippen molar-refractivity contribution >= 4 is 40.8 Å². The number of halogens is 1. The van der Waals surface area contributed by atoms with E-state index in [9.17, 15) is 14.4 Å². The molecule has 27 heavy (non-hydrogen) atoms. The SMILES string of the molecule is Cc1ccccc1N1C[C@@H](C(=O)OCC(=O)Nc2cccc(Cl)c2)CC1=O. The highest BCUT2D eigenvalue weighted by Crippen LogP contribution is 2.28. The number of aryl methyl sites for hydroxylation is 1. The number of nitrogens with one attached hydrogen (secondary N) is 1. The van der Waals surface area contributed by atoms with Crippen molar-refractivity contribution in [1.82, 2.24) is 0 Å². The molecule has 1 atom stereocenters. The topological polar surface area (TPSA) is 75.7 Å². The first kappa shape index (κ1) is 18.9. The van der Waals surface area contributed by atoms with Crippen molar-refractivity contribution in [2.24, 2.45) is 5.92 Å². The first-order valence-corrected chi connectivity index (χ1v) is 8.90. The maximum Gasteiger partial charge on any atom is 0.311 e. The number of hydrogen-bond acceptors (Lipinski definition) is 4. The minimum absolute atomic E-state index is 0.0725. The van der Waals surface area contributed by atoms with Gasteiger partial charge in [-0.15, -0.1) is 0 Å². The van der Waals surface area contributed by atoms with Crippen LogP contribution in [0.1, 0.15) is 12.0 Å². The Bertz CT molecular complexity index is 884. The molecule has 0 radical (unpaired) electrons. The van der Waals surface area contributed by atoms with Crippen LogP contribution < -0.4 is 10.2 Å².